The Morgan fingerprint density at radius 3 is 2.46 bits per heavy atom. The summed E-state index contributed by atoms with van der Waals surface area (Å²) >= 11 is 0. The second-order valence-corrected chi connectivity index (χ2v) is 5.83. The number of nitrogens with zero attached hydrogens (tertiary/aromatic N) is 1. The average Bonchev–Trinajstić information content (AvgIpc) is 2.85. The van der Waals surface area contributed by atoms with Gasteiger partial charge >= 0.3 is 12.1 Å². The number of esters is 1. The third-order valence-corrected chi connectivity index (χ3v) is 4.05. The van der Waals surface area contributed by atoms with E-state index in [0.29, 0.717) is 5.56 Å². The monoisotopic (exact) mass is 365 g/mol. The highest BCUT2D eigenvalue weighted by atomic mass is 19.4. The number of ketones is 1. The molecule has 2 rings (SSSR count). The van der Waals surface area contributed by atoms with Crippen molar-refractivity contribution in [2.45, 2.75) is 20.0 Å². The van der Waals surface area contributed by atoms with Crippen molar-refractivity contribution in [3.05, 3.63) is 64.5 Å². The van der Waals surface area contributed by atoms with Crippen LogP contribution < -0.4 is 0 Å². The van der Waals surface area contributed by atoms with Crippen molar-refractivity contribution < 1.29 is 27.5 Å². The lowest BCUT2D eigenvalue weighted by Gasteiger charge is -2.06. The van der Waals surface area contributed by atoms with Gasteiger partial charge < -0.3 is 9.30 Å². The summed E-state index contributed by atoms with van der Waals surface area (Å²) in [5, 5.41) is 0. The third-order valence-electron chi connectivity index (χ3n) is 4.05. The molecule has 0 N–H and O–H groups in total. The molecule has 0 saturated heterocycles. The molecule has 0 saturated carbocycles. The molecule has 0 amide bonds. The minimum atomic E-state index is -4.46. The summed E-state index contributed by atoms with van der Waals surface area (Å²) in [7, 11) is 1.82. The van der Waals surface area contributed by atoms with Crippen LogP contribution in [0.5, 0.6) is 0 Å². The summed E-state index contributed by atoms with van der Waals surface area (Å²) in [6.07, 6.45) is -2.26. The van der Waals surface area contributed by atoms with E-state index in [4.69, 9.17) is 4.74 Å². The van der Waals surface area contributed by atoms with E-state index in [0.717, 1.165) is 29.6 Å². The van der Waals surface area contributed by atoms with E-state index in [2.05, 4.69) is 0 Å². The zero-order valence-corrected chi connectivity index (χ0v) is 14.6. The Morgan fingerprint density at radius 1 is 1.19 bits per heavy atom. The lowest BCUT2D eigenvalue weighted by molar-refractivity contribution is -0.138. The fraction of sp³-hybridized carbons (Fsp3) is 0.263. The van der Waals surface area contributed by atoms with Gasteiger partial charge in [-0.25, -0.2) is 4.79 Å². The molecule has 1 aromatic carbocycles. The zero-order valence-electron chi connectivity index (χ0n) is 14.6. The number of aromatic nitrogens is 1. The predicted molar refractivity (Wildman–Crippen MR) is 90.7 cm³/mol. The van der Waals surface area contributed by atoms with Crippen molar-refractivity contribution in [2.24, 2.45) is 7.05 Å². The summed E-state index contributed by atoms with van der Waals surface area (Å²) in [5.41, 5.74) is 1.54. The number of rotatable bonds is 5. The number of benzene rings is 1. The van der Waals surface area contributed by atoms with Crippen LogP contribution in [0.15, 0.2) is 36.4 Å². The lowest BCUT2D eigenvalue weighted by atomic mass is 10.1. The van der Waals surface area contributed by atoms with Crippen LogP contribution in [-0.2, 0) is 22.8 Å². The van der Waals surface area contributed by atoms with Crippen LogP contribution >= 0.6 is 0 Å². The number of carbonyl (C=O) groups excluding carboxylic acids is 2. The first kappa shape index (κ1) is 19.5. The molecule has 0 bridgehead atoms. The van der Waals surface area contributed by atoms with Crippen LogP contribution in [0, 0.1) is 13.8 Å². The van der Waals surface area contributed by atoms with Crippen LogP contribution in [-0.4, -0.2) is 22.9 Å². The van der Waals surface area contributed by atoms with Crippen LogP contribution in [0.1, 0.15) is 32.9 Å². The van der Waals surface area contributed by atoms with Gasteiger partial charge in [0, 0.05) is 30.1 Å². The SMILES string of the molecule is Cc1cc(C(=O)COC(=O)C=Cc2cccc(C(F)(F)F)c2)c(C)n1C. The molecular formula is C19H18F3NO3. The number of carbonyl (C=O) groups is 2. The number of hydrogen-bond donors (Lipinski definition) is 0. The first-order chi connectivity index (χ1) is 12.1. The first-order valence-electron chi connectivity index (χ1n) is 7.78. The quantitative estimate of drug-likeness (QED) is 0.455. The van der Waals surface area contributed by atoms with Gasteiger partial charge in [-0.05, 0) is 43.7 Å². The Labute approximate surface area is 148 Å². The number of alkyl halides is 3. The molecule has 1 heterocycles. The molecule has 138 valence electrons. The number of ether oxygens (including phenoxy) is 1. The fourth-order valence-corrected chi connectivity index (χ4v) is 2.38. The maximum absolute atomic E-state index is 12.6. The second kappa shape index (κ2) is 7.59. The molecule has 7 heteroatoms. The highest BCUT2D eigenvalue weighted by Gasteiger charge is 2.30. The summed E-state index contributed by atoms with van der Waals surface area (Å²) < 4.78 is 44.7. The summed E-state index contributed by atoms with van der Waals surface area (Å²) in [5.74, 6) is -1.15. The van der Waals surface area contributed by atoms with Gasteiger partial charge in [-0.2, -0.15) is 13.2 Å². The smallest absolute Gasteiger partial charge is 0.416 e. The number of halogens is 3. The molecule has 26 heavy (non-hydrogen) atoms. The minimum Gasteiger partial charge on any atom is -0.454 e. The fourth-order valence-electron chi connectivity index (χ4n) is 2.38. The molecule has 0 fully saturated rings. The minimum absolute atomic E-state index is 0.206. The highest BCUT2D eigenvalue weighted by molar-refractivity contribution is 6.00. The van der Waals surface area contributed by atoms with Crippen molar-refractivity contribution in [1.29, 1.82) is 0 Å². The van der Waals surface area contributed by atoms with E-state index in [1.807, 2.05) is 18.5 Å². The molecule has 4 nitrogen and oxygen atoms in total. The maximum atomic E-state index is 12.6. The normalized spacial score (nSPS) is 11.8. The largest absolute Gasteiger partial charge is 0.454 e. The van der Waals surface area contributed by atoms with Gasteiger partial charge in [0.1, 0.15) is 0 Å². The molecular weight excluding hydrogens is 347 g/mol. The zero-order chi connectivity index (χ0) is 19.5. The van der Waals surface area contributed by atoms with Crippen molar-refractivity contribution >= 4 is 17.8 Å². The highest BCUT2D eigenvalue weighted by Crippen LogP contribution is 2.29. The number of aryl methyl sites for hydroxylation is 1. The second-order valence-electron chi connectivity index (χ2n) is 5.83. The Balaban J connectivity index is 1.97. The number of hydrogen-bond acceptors (Lipinski definition) is 3. The van der Waals surface area contributed by atoms with Crippen molar-refractivity contribution in [1.82, 2.24) is 4.57 Å². The molecule has 0 aliphatic carbocycles. The van der Waals surface area contributed by atoms with Gasteiger partial charge in [-0.3, -0.25) is 4.79 Å². The predicted octanol–water partition coefficient (Wildman–Crippen LogP) is 4.10. The Hall–Kier alpha value is -2.83. The first-order valence-corrected chi connectivity index (χ1v) is 7.78. The molecule has 0 spiro atoms. The summed E-state index contributed by atoms with van der Waals surface area (Å²) in [6.45, 7) is 3.21. The van der Waals surface area contributed by atoms with Crippen LogP contribution in [0.3, 0.4) is 0 Å². The van der Waals surface area contributed by atoms with Gasteiger partial charge in [0.15, 0.2) is 6.61 Å². The standard InChI is InChI=1S/C19H18F3NO3/c1-12-9-16(13(2)23(12)3)17(24)11-26-18(25)8-7-14-5-4-6-15(10-14)19(20,21)22/h4-10H,11H2,1-3H3. The maximum Gasteiger partial charge on any atom is 0.416 e. The molecule has 0 aliphatic heterocycles. The van der Waals surface area contributed by atoms with Crippen LogP contribution in [0.4, 0.5) is 13.2 Å². The van der Waals surface area contributed by atoms with E-state index in [9.17, 15) is 22.8 Å². The van der Waals surface area contributed by atoms with E-state index in [1.54, 1.807) is 13.0 Å². The topological polar surface area (TPSA) is 48.3 Å². The van der Waals surface area contributed by atoms with Gasteiger partial charge in [-0.1, -0.05) is 12.1 Å². The van der Waals surface area contributed by atoms with Gasteiger partial charge in [-0.15, -0.1) is 0 Å². The van der Waals surface area contributed by atoms with E-state index < -0.39 is 24.3 Å². The average molecular weight is 365 g/mol. The van der Waals surface area contributed by atoms with Crippen LogP contribution in [0.2, 0.25) is 0 Å². The Kier molecular flexibility index (Phi) is 5.69. The Bertz CT molecular complexity index is 863. The molecule has 0 atom stereocenters. The third kappa shape index (κ3) is 4.62. The number of Topliss-reactive ketones (excluding diaryl/α,β-unsaturated/α-hetero) is 1. The molecule has 0 aliphatic rings. The lowest BCUT2D eigenvalue weighted by Crippen LogP contribution is -2.13. The molecule has 0 radical (unpaired) electrons. The van der Waals surface area contributed by atoms with Gasteiger partial charge in [0.05, 0.1) is 5.56 Å². The van der Waals surface area contributed by atoms with E-state index in [-0.39, 0.29) is 11.3 Å². The van der Waals surface area contributed by atoms with Gasteiger partial charge in [0.2, 0.25) is 5.78 Å². The molecule has 0 unspecified atom stereocenters. The van der Waals surface area contributed by atoms with Crippen molar-refractivity contribution in [2.75, 3.05) is 6.61 Å². The van der Waals surface area contributed by atoms with E-state index >= 15 is 0 Å². The van der Waals surface area contributed by atoms with Crippen molar-refractivity contribution in [3.8, 4) is 0 Å². The molecule has 1 aromatic heterocycles. The van der Waals surface area contributed by atoms with Crippen molar-refractivity contribution in [3.63, 3.8) is 0 Å². The Morgan fingerprint density at radius 2 is 1.88 bits per heavy atom. The van der Waals surface area contributed by atoms with Gasteiger partial charge in [0.25, 0.3) is 0 Å². The van der Waals surface area contributed by atoms with Crippen LogP contribution in [0.25, 0.3) is 6.08 Å². The summed E-state index contributed by atoms with van der Waals surface area (Å²) in [6, 6.07) is 6.26. The molecule has 2 aromatic rings. The summed E-state index contributed by atoms with van der Waals surface area (Å²) in [4.78, 5) is 23.8. The van der Waals surface area contributed by atoms with E-state index in [1.165, 1.54) is 18.2 Å².